The molecule has 0 saturated carbocycles. The van der Waals surface area contributed by atoms with Crippen LogP contribution in [0.3, 0.4) is 0 Å². The van der Waals surface area contributed by atoms with E-state index in [1.54, 1.807) is 42.2 Å². The van der Waals surface area contributed by atoms with Crippen molar-refractivity contribution in [2.24, 2.45) is 0 Å². The highest BCUT2D eigenvalue weighted by Crippen LogP contribution is 2.24. The lowest BCUT2D eigenvalue weighted by Crippen LogP contribution is -2.48. The summed E-state index contributed by atoms with van der Waals surface area (Å²) in [6.07, 6.45) is 0. The van der Waals surface area contributed by atoms with Crippen molar-refractivity contribution in [2.75, 3.05) is 41.9 Å². The van der Waals surface area contributed by atoms with Crippen LogP contribution < -0.4 is 9.21 Å². The first-order chi connectivity index (χ1) is 15.5. The average Bonchev–Trinajstić information content (AvgIpc) is 2.85. The first-order valence-electron chi connectivity index (χ1n) is 10.8. The lowest BCUT2D eigenvalue weighted by molar-refractivity contribution is 0.0746. The zero-order valence-electron chi connectivity index (χ0n) is 18.1. The van der Waals surface area contributed by atoms with E-state index in [2.05, 4.69) is 17.0 Å². The minimum Gasteiger partial charge on any atom is -0.368 e. The second-order valence-corrected chi connectivity index (χ2v) is 9.51. The molecule has 0 aliphatic carbocycles. The standard InChI is InChI=1S/C25H27N3O3S/c1-2-28(23-13-7-4-8-14-23)32(30,31)24-15-9-10-21(20-24)25(29)27-18-16-26(17-19-27)22-11-5-3-6-12-22/h3-15,20H,2,16-19H2,1H3. The van der Waals surface area contributed by atoms with Gasteiger partial charge in [-0.2, -0.15) is 0 Å². The summed E-state index contributed by atoms with van der Waals surface area (Å²) in [7, 11) is -3.78. The molecule has 166 valence electrons. The van der Waals surface area contributed by atoms with Gasteiger partial charge in [0, 0.05) is 44.0 Å². The summed E-state index contributed by atoms with van der Waals surface area (Å²) >= 11 is 0. The monoisotopic (exact) mass is 449 g/mol. The molecule has 0 aromatic heterocycles. The van der Waals surface area contributed by atoms with Gasteiger partial charge in [-0.15, -0.1) is 0 Å². The Balaban J connectivity index is 1.51. The number of piperazine rings is 1. The van der Waals surface area contributed by atoms with E-state index in [1.807, 2.05) is 36.4 Å². The molecule has 0 atom stereocenters. The Hall–Kier alpha value is -3.32. The predicted molar refractivity (Wildman–Crippen MR) is 128 cm³/mol. The maximum absolute atomic E-state index is 13.3. The molecule has 32 heavy (non-hydrogen) atoms. The highest BCUT2D eigenvalue weighted by atomic mass is 32.2. The number of hydrogen-bond donors (Lipinski definition) is 0. The third kappa shape index (κ3) is 4.48. The molecule has 0 spiro atoms. The van der Waals surface area contributed by atoms with E-state index in [9.17, 15) is 13.2 Å². The fourth-order valence-electron chi connectivity index (χ4n) is 3.99. The summed E-state index contributed by atoms with van der Waals surface area (Å²) in [5.41, 5.74) is 2.14. The summed E-state index contributed by atoms with van der Waals surface area (Å²) in [4.78, 5) is 17.3. The molecule has 1 amide bonds. The molecular weight excluding hydrogens is 422 g/mol. The molecule has 7 heteroatoms. The van der Waals surface area contributed by atoms with E-state index in [1.165, 1.54) is 10.4 Å². The molecule has 1 heterocycles. The Bertz CT molecular complexity index is 1160. The zero-order chi connectivity index (χ0) is 22.6. The SMILES string of the molecule is CCN(c1ccccc1)S(=O)(=O)c1cccc(C(=O)N2CCN(c3ccccc3)CC2)c1. The first kappa shape index (κ1) is 21.9. The van der Waals surface area contributed by atoms with Crippen molar-refractivity contribution in [3.05, 3.63) is 90.5 Å². The number of nitrogens with zero attached hydrogens (tertiary/aromatic N) is 3. The lowest BCUT2D eigenvalue weighted by atomic mass is 10.1. The van der Waals surface area contributed by atoms with Gasteiger partial charge in [0.2, 0.25) is 0 Å². The molecule has 3 aromatic carbocycles. The van der Waals surface area contributed by atoms with Crippen LogP contribution in [0.15, 0.2) is 89.8 Å². The lowest BCUT2D eigenvalue weighted by Gasteiger charge is -2.36. The summed E-state index contributed by atoms with van der Waals surface area (Å²) in [5.74, 6) is -0.141. The van der Waals surface area contributed by atoms with E-state index < -0.39 is 10.0 Å². The largest absolute Gasteiger partial charge is 0.368 e. The van der Waals surface area contributed by atoms with Crippen molar-refractivity contribution in [1.82, 2.24) is 4.90 Å². The van der Waals surface area contributed by atoms with Crippen LogP contribution in [0.4, 0.5) is 11.4 Å². The number of benzene rings is 3. The molecule has 0 bridgehead atoms. The Morgan fingerprint density at radius 1 is 0.844 bits per heavy atom. The fraction of sp³-hybridized carbons (Fsp3) is 0.240. The average molecular weight is 450 g/mol. The molecule has 1 saturated heterocycles. The molecule has 1 aliphatic rings. The van der Waals surface area contributed by atoms with Crippen molar-refractivity contribution in [1.29, 1.82) is 0 Å². The summed E-state index contributed by atoms with van der Waals surface area (Å²) < 4.78 is 28.0. The second-order valence-electron chi connectivity index (χ2n) is 7.65. The number of rotatable bonds is 6. The Morgan fingerprint density at radius 2 is 1.47 bits per heavy atom. The van der Waals surface area contributed by atoms with E-state index >= 15 is 0 Å². The number of anilines is 2. The molecule has 0 radical (unpaired) electrons. The van der Waals surface area contributed by atoms with Crippen LogP contribution in [0.2, 0.25) is 0 Å². The Kier molecular flexibility index (Phi) is 6.46. The number of hydrogen-bond acceptors (Lipinski definition) is 4. The topological polar surface area (TPSA) is 60.9 Å². The molecule has 0 N–H and O–H groups in total. The second kappa shape index (κ2) is 9.44. The molecule has 1 aliphatic heterocycles. The van der Waals surface area contributed by atoms with E-state index in [0.29, 0.717) is 30.9 Å². The summed E-state index contributed by atoms with van der Waals surface area (Å²) in [6.45, 7) is 4.76. The smallest absolute Gasteiger partial charge is 0.264 e. The van der Waals surface area contributed by atoms with E-state index in [0.717, 1.165) is 18.8 Å². The Morgan fingerprint density at radius 3 is 2.09 bits per heavy atom. The quantitative estimate of drug-likeness (QED) is 0.573. The van der Waals surface area contributed by atoms with E-state index in [4.69, 9.17) is 0 Å². The van der Waals surface area contributed by atoms with Crippen molar-refractivity contribution < 1.29 is 13.2 Å². The molecule has 6 nitrogen and oxygen atoms in total. The number of para-hydroxylation sites is 2. The third-order valence-electron chi connectivity index (χ3n) is 5.69. The third-order valence-corrected chi connectivity index (χ3v) is 7.59. The van der Waals surface area contributed by atoms with Crippen LogP contribution in [0.5, 0.6) is 0 Å². The van der Waals surface area contributed by atoms with Gasteiger partial charge in [0.1, 0.15) is 0 Å². The molecule has 3 aromatic rings. The highest BCUT2D eigenvalue weighted by Gasteiger charge is 2.26. The van der Waals surface area contributed by atoms with Gasteiger partial charge < -0.3 is 9.80 Å². The summed E-state index contributed by atoms with van der Waals surface area (Å²) in [6, 6.07) is 25.5. The minimum atomic E-state index is -3.78. The zero-order valence-corrected chi connectivity index (χ0v) is 18.9. The van der Waals surface area contributed by atoms with Crippen LogP contribution in [-0.4, -0.2) is 51.9 Å². The van der Waals surface area contributed by atoms with Gasteiger partial charge in [-0.3, -0.25) is 9.10 Å². The minimum absolute atomic E-state index is 0.122. The van der Waals surface area contributed by atoms with Crippen molar-refractivity contribution in [2.45, 2.75) is 11.8 Å². The van der Waals surface area contributed by atoms with Crippen LogP contribution in [0, 0.1) is 0 Å². The number of sulfonamides is 1. The number of carbonyl (C=O) groups is 1. The van der Waals surface area contributed by atoms with Crippen molar-refractivity contribution in [3.63, 3.8) is 0 Å². The van der Waals surface area contributed by atoms with Gasteiger partial charge in [-0.05, 0) is 49.4 Å². The number of amides is 1. The van der Waals surface area contributed by atoms with Crippen LogP contribution >= 0.6 is 0 Å². The van der Waals surface area contributed by atoms with E-state index in [-0.39, 0.29) is 10.8 Å². The highest BCUT2D eigenvalue weighted by molar-refractivity contribution is 7.92. The molecule has 4 rings (SSSR count). The molecular formula is C25H27N3O3S. The van der Waals surface area contributed by atoms with Gasteiger partial charge >= 0.3 is 0 Å². The van der Waals surface area contributed by atoms with Crippen molar-refractivity contribution in [3.8, 4) is 0 Å². The van der Waals surface area contributed by atoms with Gasteiger partial charge in [0.05, 0.1) is 10.6 Å². The number of carbonyl (C=O) groups excluding carboxylic acids is 1. The van der Waals surface area contributed by atoms with Gasteiger partial charge in [-0.25, -0.2) is 8.42 Å². The Labute approximate surface area is 189 Å². The maximum Gasteiger partial charge on any atom is 0.264 e. The first-order valence-corrected chi connectivity index (χ1v) is 12.2. The maximum atomic E-state index is 13.3. The van der Waals surface area contributed by atoms with Crippen LogP contribution in [-0.2, 0) is 10.0 Å². The van der Waals surface area contributed by atoms with Crippen LogP contribution in [0.25, 0.3) is 0 Å². The van der Waals surface area contributed by atoms with Gasteiger partial charge in [0.25, 0.3) is 15.9 Å². The van der Waals surface area contributed by atoms with Crippen molar-refractivity contribution >= 4 is 27.3 Å². The molecule has 1 fully saturated rings. The predicted octanol–water partition coefficient (Wildman–Crippen LogP) is 3.86. The van der Waals surface area contributed by atoms with Gasteiger partial charge in [0.15, 0.2) is 0 Å². The van der Waals surface area contributed by atoms with Crippen LogP contribution in [0.1, 0.15) is 17.3 Å². The van der Waals surface area contributed by atoms with Gasteiger partial charge in [-0.1, -0.05) is 42.5 Å². The summed E-state index contributed by atoms with van der Waals surface area (Å²) in [5, 5.41) is 0. The fourth-order valence-corrected chi connectivity index (χ4v) is 5.51. The molecule has 0 unspecified atom stereocenters. The normalized spacial score (nSPS) is 14.3.